The molecule has 0 unspecified atom stereocenters. The second-order valence-electron chi connectivity index (χ2n) is 6.19. The summed E-state index contributed by atoms with van der Waals surface area (Å²) in [6.45, 7) is 4.10. The van der Waals surface area contributed by atoms with Crippen molar-refractivity contribution >= 4 is 6.03 Å². The van der Waals surface area contributed by atoms with Crippen LogP contribution >= 0.6 is 0 Å². The SMILES string of the molecule is CC(C)C[C@H](NC(N)=O)C(O)(c1ccccc1)c1ccccc1. The zero-order valence-corrected chi connectivity index (χ0v) is 13.6. The number of rotatable bonds is 6. The number of nitrogens with one attached hydrogen (secondary N) is 1. The molecule has 0 radical (unpaired) electrons. The molecule has 0 saturated heterocycles. The Morgan fingerprint density at radius 1 is 1.04 bits per heavy atom. The van der Waals surface area contributed by atoms with Crippen LogP contribution in [0.1, 0.15) is 31.4 Å². The third-order valence-corrected chi connectivity index (χ3v) is 3.96. The molecule has 0 aromatic heterocycles. The lowest BCUT2D eigenvalue weighted by Crippen LogP contribution is -2.53. The van der Waals surface area contributed by atoms with Crippen LogP contribution in [0.4, 0.5) is 4.79 Å². The van der Waals surface area contributed by atoms with Gasteiger partial charge in [0, 0.05) is 0 Å². The quantitative estimate of drug-likeness (QED) is 0.767. The van der Waals surface area contributed by atoms with Crippen molar-refractivity contribution in [2.24, 2.45) is 11.7 Å². The normalized spacial score (nSPS) is 12.9. The van der Waals surface area contributed by atoms with Crippen molar-refractivity contribution in [2.45, 2.75) is 31.9 Å². The maximum atomic E-state index is 11.6. The number of nitrogens with two attached hydrogens (primary N) is 1. The summed E-state index contributed by atoms with van der Waals surface area (Å²) < 4.78 is 0. The molecule has 0 bridgehead atoms. The van der Waals surface area contributed by atoms with Crippen LogP contribution in [0.5, 0.6) is 0 Å². The van der Waals surface area contributed by atoms with Gasteiger partial charge in [0.2, 0.25) is 0 Å². The van der Waals surface area contributed by atoms with E-state index in [1.54, 1.807) is 0 Å². The highest BCUT2D eigenvalue weighted by Crippen LogP contribution is 2.35. The van der Waals surface area contributed by atoms with E-state index in [1.807, 2.05) is 74.5 Å². The van der Waals surface area contributed by atoms with Crippen LogP contribution in [-0.4, -0.2) is 17.2 Å². The lowest BCUT2D eigenvalue weighted by atomic mass is 9.77. The molecule has 0 aliphatic carbocycles. The Hall–Kier alpha value is -2.33. The number of amides is 2. The first-order chi connectivity index (χ1) is 10.9. The van der Waals surface area contributed by atoms with Crippen LogP contribution in [-0.2, 0) is 5.60 Å². The molecule has 0 aliphatic rings. The lowest BCUT2D eigenvalue weighted by Gasteiger charge is -2.38. The van der Waals surface area contributed by atoms with E-state index in [1.165, 1.54) is 0 Å². The highest BCUT2D eigenvalue weighted by Gasteiger charge is 2.41. The van der Waals surface area contributed by atoms with E-state index in [0.717, 1.165) is 11.1 Å². The zero-order valence-electron chi connectivity index (χ0n) is 13.6. The molecule has 0 aliphatic heterocycles. The predicted octanol–water partition coefficient (Wildman–Crippen LogP) is 3.01. The Morgan fingerprint density at radius 3 is 1.83 bits per heavy atom. The van der Waals surface area contributed by atoms with Crippen molar-refractivity contribution in [3.63, 3.8) is 0 Å². The van der Waals surface area contributed by atoms with Crippen molar-refractivity contribution in [1.29, 1.82) is 0 Å². The van der Waals surface area contributed by atoms with Gasteiger partial charge in [0.1, 0.15) is 5.60 Å². The van der Waals surface area contributed by atoms with Crippen LogP contribution in [0.25, 0.3) is 0 Å². The van der Waals surface area contributed by atoms with Gasteiger partial charge < -0.3 is 16.2 Å². The van der Waals surface area contributed by atoms with Crippen molar-refractivity contribution in [1.82, 2.24) is 5.32 Å². The van der Waals surface area contributed by atoms with Gasteiger partial charge in [-0.3, -0.25) is 0 Å². The molecular weight excluding hydrogens is 288 g/mol. The van der Waals surface area contributed by atoms with Crippen molar-refractivity contribution in [2.75, 3.05) is 0 Å². The van der Waals surface area contributed by atoms with Crippen LogP contribution in [0.2, 0.25) is 0 Å². The molecule has 1 atom stereocenters. The molecule has 2 rings (SSSR count). The first-order valence-electron chi connectivity index (χ1n) is 7.84. The van der Waals surface area contributed by atoms with E-state index in [4.69, 9.17) is 5.73 Å². The van der Waals surface area contributed by atoms with E-state index in [2.05, 4.69) is 5.32 Å². The van der Waals surface area contributed by atoms with Gasteiger partial charge in [-0.05, 0) is 23.5 Å². The Kier molecular flexibility index (Phi) is 5.40. The number of hydrogen-bond acceptors (Lipinski definition) is 2. The van der Waals surface area contributed by atoms with Crippen molar-refractivity contribution in [3.8, 4) is 0 Å². The third kappa shape index (κ3) is 3.90. The number of hydrogen-bond donors (Lipinski definition) is 3. The number of carbonyl (C=O) groups is 1. The molecule has 2 amide bonds. The molecule has 122 valence electrons. The summed E-state index contributed by atoms with van der Waals surface area (Å²) in [5.74, 6) is 0.283. The summed E-state index contributed by atoms with van der Waals surface area (Å²) in [5.41, 5.74) is 5.47. The molecule has 0 heterocycles. The Balaban J connectivity index is 2.57. The molecule has 4 N–H and O–H groups in total. The Bertz CT molecular complexity index is 587. The number of benzene rings is 2. The minimum Gasteiger partial charge on any atom is -0.378 e. The Labute approximate surface area is 137 Å². The maximum absolute atomic E-state index is 11.6. The lowest BCUT2D eigenvalue weighted by molar-refractivity contribution is 0.0335. The fourth-order valence-corrected chi connectivity index (χ4v) is 2.93. The summed E-state index contributed by atoms with van der Waals surface area (Å²) in [5, 5.41) is 14.4. The average molecular weight is 312 g/mol. The van der Waals surface area contributed by atoms with Crippen LogP contribution < -0.4 is 11.1 Å². The van der Waals surface area contributed by atoms with E-state index >= 15 is 0 Å². The van der Waals surface area contributed by atoms with E-state index in [9.17, 15) is 9.90 Å². The third-order valence-electron chi connectivity index (χ3n) is 3.96. The summed E-state index contributed by atoms with van der Waals surface area (Å²) in [4.78, 5) is 11.5. The number of carbonyl (C=O) groups excluding carboxylic acids is 1. The standard InChI is InChI=1S/C19H24N2O2/c1-14(2)13-17(21-18(20)22)19(23,15-9-5-3-6-10-15)16-11-7-4-8-12-16/h3-12,14,17,23H,13H2,1-2H3,(H3,20,21,22)/t17-/m0/s1. The van der Waals surface area contributed by atoms with Gasteiger partial charge in [-0.25, -0.2) is 4.79 Å². The maximum Gasteiger partial charge on any atom is 0.312 e. The zero-order chi connectivity index (χ0) is 16.9. The van der Waals surface area contributed by atoms with Crippen molar-refractivity contribution < 1.29 is 9.90 Å². The largest absolute Gasteiger partial charge is 0.378 e. The second-order valence-corrected chi connectivity index (χ2v) is 6.19. The summed E-state index contributed by atoms with van der Waals surface area (Å²) in [7, 11) is 0. The molecule has 0 spiro atoms. The first kappa shape index (κ1) is 17.0. The molecular formula is C19H24N2O2. The second kappa shape index (κ2) is 7.29. The van der Waals surface area contributed by atoms with E-state index in [0.29, 0.717) is 6.42 Å². The number of urea groups is 1. The molecule has 2 aromatic rings. The number of primary amides is 1. The van der Waals surface area contributed by atoms with Crippen LogP contribution in [0.3, 0.4) is 0 Å². The summed E-state index contributed by atoms with van der Waals surface area (Å²) >= 11 is 0. The van der Waals surface area contributed by atoms with Gasteiger partial charge in [0.15, 0.2) is 0 Å². The highest BCUT2D eigenvalue weighted by molar-refractivity contribution is 5.72. The van der Waals surface area contributed by atoms with Gasteiger partial charge in [-0.2, -0.15) is 0 Å². The number of aliphatic hydroxyl groups is 1. The molecule has 23 heavy (non-hydrogen) atoms. The van der Waals surface area contributed by atoms with Crippen molar-refractivity contribution in [3.05, 3.63) is 71.8 Å². The van der Waals surface area contributed by atoms with E-state index in [-0.39, 0.29) is 5.92 Å². The first-order valence-corrected chi connectivity index (χ1v) is 7.84. The van der Waals surface area contributed by atoms with Crippen LogP contribution in [0.15, 0.2) is 60.7 Å². The molecule has 4 heteroatoms. The van der Waals surface area contributed by atoms with E-state index < -0.39 is 17.7 Å². The fourth-order valence-electron chi connectivity index (χ4n) is 2.93. The molecule has 2 aromatic carbocycles. The monoisotopic (exact) mass is 312 g/mol. The van der Waals surface area contributed by atoms with Crippen LogP contribution in [0, 0.1) is 5.92 Å². The fraction of sp³-hybridized carbons (Fsp3) is 0.316. The van der Waals surface area contributed by atoms with Gasteiger partial charge >= 0.3 is 6.03 Å². The summed E-state index contributed by atoms with van der Waals surface area (Å²) in [6.07, 6.45) is 0.600. The van der Waals surface area contributed by atoms with Gasteiger partial charge in [0.05, 0.1) is 6.04 Å². The molecule has 4 nitrogen and oxygen atoms in total. The Morgan fingerprint density at radius 2 is 1.48 bits per heavy atom. The average Bonchev–Trinajstić information content (AvgIpc) is 2.54. The minimum atomic E-state index is -1.35. The minimum absolute atomic E-state index is 0.283. The van der Waals surface area contributed by atoms with Gasteiger partial charge in [-0.1, -0.05) is 74.5 Å². The highest BCUT2D eigenvalue weighted by atomic mass is 16.3. The topological polar surface area (TPSA) is 75.3 Å². The molecule has 0 saturated carbocycles. The molecule has 0 fully saturated rings. The summed E-state index contributed by atoms with van der Waals surface area (Å²) in [6, 6.07) is 17.6. The van der Waals surface area contributed by atoms with Gasteiger partial charge in [-0.15, -0.1) is 0 Å². The van der Waals surface area contributed by atoms with Gasteiger partial charge in [0.25, 0.3) is 0 Å². The predicted molar refractivity (Wildman–Crippen MR) is 91.8 cm³/mol. The smallest absolute Gasteiger partial charge is 0.312 e.